The van der Waals surface area contributed by atoms with Gasteiger partial charge in [0.2, 0.25) is 10.0 Å². The molecule has 2 N–H and O–H groups in total. The number of hydrogen-bond donors (Lipinski definition) is 2. The van der Waals surface area contributed by atoms with E-state index in [9.17, 15) is 22.7 Å². The number of rotatable bonds is 4. The maximum absolute atomic E-state index is 13.3. The summed E-state index contributed by atoms with van der Waals surface area (Å²) in [5.41, 5.74) is 0.942. The number of nitrogens with one attached hydrogen (secondary N) is 1. The van der Waals surface area contributed by atoms with Crippen LogP contribution in [0.1, 0.15) is 35.2 Å². The van der Waals surface area contributed by atoms with E-state index in [1.807, 2.05) is 0 Å². The second kappa shape index (κ2) is 8.79. The Balaban J connectivity index is 1.88. The number of carbonyl (C=O) groups excluding carboxylic acids is 1. The Kier molecular flexibility index (Phi) is 6.58. The average Bonchev–Trinajstić information content (AvgIpc) is 2.90. The first kappa shape index (κ1) is 21.7. The SMILES string of the molecule is Cc1ccc(C(=O)Nc2ccc(F)c(Cl)c2)cc1S(=O)(=O)N1CCCC[C@@H](O)C1. The van der Waals surface area contributed by atoms with Crippen molar-refractivity contribution in [3.8, 4) is 0 Å². The van der Waals surface area contributed by atoms with Gasteiger partial charge in [0, 0.05) is 24.3 Å². The van der Waals surface area contributed by atoms with Crippen LogP contribution in [0.5, 0.6) is 0 Å². The van der Waals surface area contributed by atoms with Crippen molar-refractivity contribution >= 4 is 33.2 Å². The van der Waals surface area contributed by atoms with Gasteiger partial charge in [-0.1, -0.05) is 17.7 Å². The second-order valence-electron chi connectivity index (χ2n) is 7.08. The van der Waals surface area contributed by atoms with Gasteiger partial charge < -0.3 is 10.4 Å². The molecule has 0 bridgehead atoms. The van der Waals surface area contributed by atoms with Gasteiger partial charge in [0.1, 0.15) is 5.82 Å². The lowest BCUT2D eigenvalue weighted by atomic mass is 10.1. The molecule has 9 heteroatoms. The topological polar surface area (TPSA) is 86.7 Å². The van der Waals surface area contributed by atoms with Gasteiger partial charge in [-0.2, -0.15) is 4.31 Å². The fourth-order valence-corrected chi connectivity index (χ4v) is 5.19. The first-order chi connectivity index (χ1) is 13.7. The highest BCUT2D eigenvalue weighted by Gasteiger charge is 2.30. The van der Waals surface area contributed by atoms with Crippen molar-refractivity contribution in [2.24, 2.45) is 0 Å². The first-order valence-corrected chi connectivity index (χ1v) is 11.1. The molecule has 29 heavy (non-hydrogen) atoms. The zero-order valence-electron chi connectivity index (χ0n) is 15.9. The molecule has 0 saturated carbocycles. The Bertz CT molecular complexity index is 1030. The molecular formula is C20H22ClFN2O4S. The molecule has 3 rings (SSSR count). The Morgan fingerprint density at radius 3 is 2.72 bits per heavy atom. The molecule has 6 nitrogen and oxygen atoms in total. The molecule has 0 unspecified atom stereocenters. The predicted molar refractivity (Wildman–Crippen MR) is 109 cm³/mol. The quantitative estimate of drug-likeness (QED) is 0.760. The summed E-state index contributed by atoms with van der Waals surface area (Å²) in [6, 6.07) is 8.18. The number of hydrogen-bond acceptors (Lipinski definition) is 4. The van der Waals surface area contributed by atoms with Crippen LogP contribution in [-0.4, -0.2) is 42.9 Å². The minimum absolute atomic E-state index is 0.0244. The van der Waals surface area contributed by atoms with Gasteiger partial charge in [-0.25, -0.2) is 12.8 Å². The summed E-state index contributed by atoms with van der Waals surface area (Å²) in [5, 5.41) is 12.4. The van der Waals surface area contributed by atoms with Gasteiger partial charge in [-0.15, -0.1) is 0 Å². The van der Waals surface area contributed by atoms with Crippen molar-refractivity contribution in [2.75, 3.05) is 18.4 Å². The molecule has 1 fully saturated rings. The molecule has 1 aliphatic rings. The molecule has 0 aliphatic carbocycles. The monoisotopic (exact) mass is 440 g/mol. The molecule has 2 aromatic rings. The molecule has 1 atom stereocenters. The second-order valence-corrected chi connectivity index (χ2v) is 9.39. The molecule has 0 aromatic heterocycles. The Hall–Kier alpha value is -2.00. The van der Waals surface area contributed by atoms with Crippen molar-refractivity contribution in [1.29, 1.82) is 0 Å². The lowest BCUT2D eigenvalue weighted by molar-refractivity contribution is 0.102. The van der Waals surface area contributed by atoms with Crippen LogP contribution in [-0.2, 0) is 10.0 Å². The number of β-amino-alcohol motifs (C(OH)–C–C–N with tert-alkyl or cyclic N) is 1. The molecule has 2 aromatic carbocycles. The number of amides is 1. The molecule has 0 radical (unpaired) electrons. The highest BCUT2D eigenvalue weighted by atomic mass is 35.5. The summed E-state index contributed by atoms with van der Waals surface area (Å²) >= 11 is 5.73. The normalized spacial score (nSPS) is 18.3. The van der Waals surface area contributed by atoms with E-state index in [2.05, 4.69) is 5.32 Å². The smallest absolute Gasteiger partial charge is 0.255 e. The van der Waals surface area contributed by atoms with Gasteiger partial charge >= 0.3 is 0 Å². The first-order valence-electron chi connectivity index (χ1n) is 9.24. The van der Waals surface area contributed by atoms with Crippen LogP contribution in [0.4, 0.5) is 10.1 Å². The Morgan fingerprint density at radius 1 is 1.24 bits per heavy atom. The van der Waals surface area contributed by atoms with Crippen molar-refractivity contribution in [3.05, 3.63) is 58.4 Å². The molecular weight excluding hydrogens is 419 g/mol. The van der Waals surface area contributed by atoms with E-state index < -0.39 is 27.9 Å². The number of sulfonamides is 1. The van der Waals surface area contributed by atoms with E-state index in [4.69, 9.17) is 11.6 Å². The minimum Gasteiger partial charge on any atom is -0.392 e. The number of benzene rings is 2. The standard InChI is InChI=1S/C20H22ClFN2O4S/c1-13-5-6-14(20(26)23-15-7-8-18(22)17(21)11-15)10-19(13)29(27,28)24-9-3-2-4-16(25)12-24/h5-8,10-11,16,25H,2-4,9,12H2,1H3,(H,23,26)/t16-/m1/s1. The number of aryl methyl sites for hydroxylation is 1. The van der Waals surface area contributed by atoms with Crippen LogP contribution >= 0.6 is 11.6 Å². The van der Waals surface area contributed by atoms with Crippen LogP contribution in [0.3, 0.4) is 0 Å². The fraction of sp³-hybridized carbons (Fsp3) is 0.350. The van der Waals surface area contributed by atoms with Gasteiger partial charge in [0.25, 0.3) is 5.91 Å². The molecule has 0 spiro atoms. The van der Waals surface area contributed by atoms with Crippen LogP contribution in [0.15, 0.2) is 41.3 Å². The summed E-state index contributed by atoms with van der Waals surface area (Å²) in [5.74, 6) is -1.15. The van der Waals surface area contributed by atoms with Crippen LogP contribution in [0.25, 0.3) is 0 Å². The third-order valence-corrected chi connectivity index (χ3v) is 7.15. The molecule has 1 saturated heterocycles. The Morgan fingerprint density at radius 2 is 2.00 bits per heavy atom. The zero-order valence-corrected chi connectivity index (χ0v) is 17.4. The minimum atomic E-state index is -3.87. The largest absolute Gasteiger partial charge is 0.392 e. The van der Waals surface area contributed by atoms with E-state index in [1.54, 1.807) is 13.0 Å². The van der Waals surface area contributed by atoms with E-state index in [0.717, 1.165) is 12.5 Å². The van der Waals surface area contributed by atoms with E-state index in [-0.39, 0.29) is 22.0 Å². The van der Waals surface area contributed by atoms with Crippen molar-refractivity contribution in [1.82, 2.24) is 4.31 Å². The summed E-state index contributed by atoms with van der Waals surface area (Å²) in [6.45, 7) is 2.01. The van der Waals surface area contributed by atoms with E-state index >= 15 is 0 Å². The molecule has 1 aliphatic heterocycles. The predicted octanol–water partition coefficient (Wildman–Crippen LogP) is 3.58. The number of nitrogens with zero attached hydrogens (tertiary/aromatic N) is 1. The molecule has 1 amide bonds. The maximum atomic E-state index is 13.3. The maximum Gasteiger partial charge on any atom is 0.255 e. The number of halogens is 2. The summed E-state index contributed by atoms with van der Waals surface area (Å²) in [6.07, 6.45) is 1.28. The highest BCUT2D eigenvalue weighted by Crippen LogP contribution is 2.25. The van der Waals surface area contributed by atoms with Crippen molar-refractivity contribution in [2.45, 2.75) is 37.2 Å². The highest BCUT2D eigenvalue weighted by molar-refractivity contribution is 7.89. The zero-order chi connectivity index (χ0) is 21.2. The van der Waals surface area contributed by atoms with Crippen LogP contribution in [0.2, 0.25) is 5.02 Å². The van der Waals surface area contributed by atoms with Crippen LogP contribution < -0.4 is 5.32 Å². The third-order valence-electron chi connectivity index (χ3n) is 4.85. The molecule has 1 heterocycles. The van der Waals surface area contributed by atoms with Gasteiger partial charge in [-0.05, 0) is 62.1 Å². The fourth-order valence-electron chi connectivity index (χ4n) is 3.24. The Labute approximate surface area is 174 Å². The van der Waals surface area contributed by atoms with Gasteiger partial charge in [-0.3, -0.25) is 4.79 Å². The lowest BCUT2D eigenvalue weighted by Crippen LogP contribution is -2.36. The number of aliphatic hydroxyl groups excluding tert-OH is 1. The third kappa shape index (κ3) is 4.95. The summed E-state index contributed by atoms with van der Waals surface area (Å²) in [4.78, 5) is 12.6. The van der Waals surface area contributed by atoms with E-state index in [0.29, 0.717) is 30.6 Å². The number of aliphatic hydroxyl groups is 1. The lowest BCUT2D eigenvalue weighted by Gasteiger charge is -2.23. The van der Waals surface area contributed by atoms with Crippen LogP contribution in [0, 0.1) is 12.7 Å². The molecule has 156 valence electrons. The number of anilines is 1. The summed E-state index contributed by atoms with van der Waals surface area (Å²) < 4.78 is 40.9. The van der Waals surface area contributed by atoms with Crippen molar-refractivity contribution < 1.29 is 22.7 Å². The number of carbonyl (C=O) groups is 1. The summed E-state index contributed by atoms with van der Waals surface area (Å²) in [7, 11) is -3.87. The van der Waals surface area contributed by atoms with Crippen molar-refractivity contribution in [3.63, 3.8) is 0 Å². The average molecular weight is 441 g/mol. The van der Waals surface area contributed by atoms with Gasteiger partial charge in [0.15, 0.2) is 0 Å². The van der Waals surface area contributed by atoms with Gasteiger partial charge in [0.05, 0.1) is 16.0 Å². The van der Waals surface area contributed by atoms with E-state index in [1.165, 1.54) is 28.6 Å².